The molecule has 0 amide bonds. The van der Waals surface area contributed by atoms with Crippen LogP contribution in [0.3, 0.4) is 0 Å². The second kappa shape index (κ2) is 3.72. The van der Waals surface area contributed by atoms with Crippen LogP contribution in [0.5, 0.6) is 0 Å². The topological polar surface area (TPSA) is 36.1 Å². The average molecular weight is 78.1 g/mol. The van der Waals surface area contributed by atoms with E-state index >= 15 is 0 Å². The molecule has 2 nitrogen and oxygen atoms in total. The maximum atomic E-state index is 7.70. The lowest BCUT2D eigenvalue weighted by atomic mass is 10.8. The minimum absolute atomic E-state index is 1.00. The molecule has 0 aromatic carbocycles. The quantitative estimate of drug-likeness (QED) is 0.300. The van der Waals surface area contributed by atoms with E-state index in [1.165, 1.54) is 0 Å². The molecule has 6 heavy (non-hydrogen) atoms. The molecule has 0 bridgehead atoms. The van der Waals surface area contributed by atoms with Crippen LogP contribution in [0, 0.1) is 23.8 Å². The van der Waals surface area contributed by atoms with Gasteiger partial charge in [-0.05, 0) is 0 Å². The van der Waals surface area contributed by atoms with Gasteiger partial charge in [0, 0.05) is 6.04 Å². The largest absolute Gasteiger partial charge is 0.195 e. The Labute approximate surface area is 36.1 Å². The summed E-state index contributed by atoms with van der Waals surface area (Å²) in [6.07, 6.45) is 5.62. The zero-order chi connectivity index (χ0) is 4.83. The van der Waals surface area contributed by atoms with Crippen molar-refractivity contribution in [2.75, 3.05) is 0 Å². The van der Waals surface area contributed by atoms with Crippen molar-refractivity contribution in [1.29, 1.82) is 5.26 Å². The number of terminal acetylenes is 1. The van der Waals surface area contributed by atoms with Crippen LogP contribution >= 0.6 is 0 Å². The molecule has 0 aromatic rings. The molecule has 0 radical (unpaired) electrons. The lowest BCUT2D eigenvalue weighted by molar-refractivity contribution is 1.55. The van der Waals surface area contributed by atoms with Crippen molar-refractivity contribution in [2.24, 2.45) is 4.99 Å². The molecule has 0 aliphatic carbocycles. The maximum absolute atomic E-state index is 7.70. The highest BCUT2D eigenvalue weighted by Gasteiger charge is 1.51. The third-order valence-electron chi connectivity index (χ3n) is 0.197. The fraction of sp³-hybridized carbons (Fsp3) is 0. The van der Waals surface area contributed by atoms with Gasteiger partial charge >= 0.3 is 0 Å². The average Bonchev–Trinajstić information content (AvgIpc) is 1.61. The summed E-state index contributed by atoms with van der Waals surface area (Å²) < 4.78 is 0. The van der Waals surface area contributed by atoms with Gasteiger partial charge in [-0.15, -0.1) is 0 Å². The van der Waals surface area contributed by atoms with Crippen LogP contribution < -0.4 is 0 Å². The number of rotatable bonds is 0. The molecule has 0 N–H and O–H groups in total. The summed E-state index contributed by atoms with van der Waals surface area (Å²) in [6.45, 7) is 0. The van der Waals surface area contributed by atoms with Gasteiger partial charge in [0.1, 0.15) is 12.3 Å². The zero-order valence-corrected chi connectivity index (χ0v) is 3.05. The standard InChI is InChI=1S/C4H2N2/c1-2-6-4-3-5/h1,4H. The van der Waals surface area contributed by atoms with Gasteiger partial charge in [0.2, 0.25) is 0 Å². The third kappa shape index (κ3) is 2.72. The number of nitrogens with zero attached hydrogens (tertiary/aromatic N) is 2. The van der Waals surface area contributed by atoms with Gasteiger partial charge in [0.15, 0.2) is 0 Å². The summed E-state index contributed by atoms with van der Waals surface area (Å²) in [7, 11) is 0. The van der Waals surface area contributed by atoms with Crippen LogP contribution in [0.2, 0.25) is 0 Å². The van der Waals surface area contributed by atoms with Crippen molar-refractivity contribution in [2.45, 2.75) is 0 Å². The van der Waals surface area contributed by atoms with Crippen LogP contribution in [0.15, 0.2) is 4.99 Å². The predicted molar refractivity (Wildman–Crippen MR) is 22.9 cm³/mol. The van der Waals surface area contributed by atoms with Gasteiger partial charge in [0.25, 0.3) is 0 Å². The first kappa shape index (κ1) is 4.72. The minimum atomic E-state index is 1.00. The van der Waals surface area contributed by atoms with Crippen LogP contribution in [-0.2, 0) is 0 Å². The van der Waals surface area contributed by atoms with E-state index in [0.717, 1.165) is 6.21 Å². The molecule has 0 unspecified atom stereocenters. The van der Waals surface area contributed by atoms with Crippen molar-refractivity contribution < 1.29 is 0 Å². The normalized spacial score (nSPS) is 7.00. The molecular weight excluding hydrogens is 76.1 g/mol. The Kier molecular flexibility index (Phi) is 2.93. The van der Waals surface area contributed by atoms with Gasteiger partial charge in [-0.25, -0.2) is 0 Å². The lowest BCUT2D eigenvalue weighted by Gasteiger charge is -1.51. The summed E-state index contributed by atoms with van der Waals surface area (Å²) in [6, 6.07) is 3.55. The van der Waals surface area contributed by atoms with E-state index in [-0.39, 0.29) is 0 Å². The van der Waals surface area contributed by atoms with E-state index in [0.29, 0.717) is 0 Å². The second-order valence-corrected chi connectivity index (χ2v) is 0.516. The second-order valence-electron chi connectivity index (χ2n) is 0.516. The van der Waals surface area contributed by atoms with Crippen molar-refractivity contribution in [1.82, 2.24) is 0 Å². The molecule has 0 atom stereocenters. The van der Waals surface area contributed by atoms with Gasteiger partial charge in [0.05, 0.1) is 0 Å². The van der Waals surface area contributed by atoms with Crippen molar-refractivity contribution in [3.8, 4) is 18.5 Å². The monoisotopic (exact) mass is 78.0 g/mol. The fourth-order valence-corrected chi connectivity index (χ4v) is 0.0661. The summed E-state index contributed by atoms with van der Waals surface area (Å²) >= 11 is 0. The van der Waals surface area contributed by atoms with E-state index in [9.17, 15) is 0 Å². The Morgan fingerprint density at radius 2 is 2.50 bits per heavy atom. The highest BCUT2D eigenvalue weighted by Crippen LogP contribution is 1.49. The third-order valence-corrected chi connectivity index (χ3v) is 0.197. The predicted octanol–water partition coefficient (Wildman–Crippen LogP) is 0.171. The Morgan fingerprint density at radius 3 is 2.67 bits per heavy atom. The maximum Gasteiger partial charge on any atom is 0.115 e. The van der Waals surface area contributed by atoms with Crippen molar-refractivity contribution in [3.05, 3.63) is 0 Å². The summed E-state index contributed by atoms with van der Waals surface area (Å²) in [4.78, 5) is 3.13. The van der Waals surface area contributed by atoms with Gasteiger partial charge in [-0.2, -0.15) is 10.3 Å². The Bertz CT molecular complexity index is 105. The van der Waals surface area contributed by atoms with Crippen LogP contribution in [0.1, 0.15) is 0 Å². The molecule has 0 spiro atoms. The fourth-order valence-electron chi connectivity index (χ4n) is 0.0661. The molecule has 0 heterocycles. The highest BCUT2D eigenvalue weighted by molar-refractivity contribution is 5.75. The number of hydrogen-bond donors (Lipinski definition) is 0. The lowest BCUT2D eigenvalue weighted by Crippen LogP contribution is -1.54. The Morgan fingerprint density at radius 1 is 1.83 bits per heavy atom. The van der Waals surface area contributed by atoms with Gasteiger partial charge in [-0.1, -0.05) is 6.42 Å². The van der Waals surface area contributed by atoms with Crippen LogP contribution in [0.25, 0.3) is 0 Å². The molecule has 0 aliphatic heterocycles. The van der Waals surface area contributed by atoms with E-state index in [2.05, 4.69) is 11.4 Å². The van der Waals surface area contributed by atoms with Gasteiger partial charge in [-0.3, -0.25) is 0 Å². The first-order chi connectivity index (χ1) is 2.91. The van der Waals surface area contributed by atoms with Crippen molar-refractivity contribution in [3.63, 3.8) is 0 Å². The van der Waals surface area contributed by atoms with Crippen molar-refractivity contribution >= 4 is 6.21 Å². The molecule has 0 fully saturated rings. The van der Waals surface area contributed by atoms with Gasteiger partial charge < -0.3 is 0 Å². The van der Waals surface area contributed by atoms with E-state index in [1.807, 2.05) is 6.04 Å². The molecule has 0 saturated heterocycles. The first-order valence-corrected chi connectivity index (χ1v) is 1.28. The van der Waals surface area contributed by atoms with Crippen LogP contribution in [-0.4, -0.2) is 6.21 Å². The summed E-state index contributed by atoms with van der Waals surface area (Å²) in [5, 5.41) is 7.70. The molecule has 0 aliphatic rings. The number of hydrogen-bond acceptors (Lipinski definition) is 2. The molecule has 0 rings (SSSR count). The van der Waals surface area contributed by atoms with E-state index < -0.39 is 0 Å². The Hall–Kier alpha value is -1.28. The minimum Gasteiger partial charge on any atom is -0.195 e. The zero-order valence-electron chi connectivity index (χ0n) is 3.05. The summed E-state index contributed by atoms with van der Waals surface area (Å²) in [5.74, 6) is 0. The van der Waals surface area contributed by atoms with E-state index in [1.54, 1.807) is 6.07 Å². The summed E-state index contributed by atoms with van der Waals surface area (Å²) in [5.41, 5.74) is 0. The molecule has 0 aromatic heterocycles. The molecule has 28 valence electrons. The molecule has 2 heteroatoms. The molecule has 0 saturated carbocycles. The number of aliphatic imine (C=N–C) groups is 1. The van der Waals surface area contributed by atoms with E-state index in [4.69, 9.17) is 5.26 Å². The Balaban J connectivity index is 3.36. The first-order valence-electron chi connectivity index (χ1n) is 1.28. The number of nitriles is 1. The molecular formula is C4H2N2. The van der Waals surface area contributed by atoms with Crippen LogP contribution in [0.4, 0.5) is 0 Å². The SMILES string of the molecule is C#CN=CC#N. The highest BCUT2D eigenvalue weighted by atomic mass is 14.6. The smallest absolute Gasteiger partial charge is 0.115 e.